The maximum absolute atomic E-state index is 13.5. The molecule has 32 heavy (non-hydrogen) atoms. The van der Waals surface area contributed by atoms with Gasteiger partial charge >= 0.3 is 0 Å². The zero-order valence-corrected chi connectivity index (χ0v) is 19.4. The van der Waals surface area contributed by atoms with Gasteiger partial charge in [0.2, 0.25) is 6.79 Å². The van der Waals surface area contributed by atoms with Crippen molar-refractivity contribution in [3.05, 3.63) is 53.8 Å². The standard InChI is InChI=1S/C27H36FNO3/c1-3-5-6-20(4-2)16-29-14-13-25(21-7-9-23(28)10-8-21)22(17-29)18-30-24-11-12-26-27(15-24)32-19-31-26/h7-12,15,20,22,25H,3-6,13-14,16-19H2,1-2H3/t20?,22-,25-/m0/s1. The summed E-state index contributed by atoms with van der Waals surface area (Å²) in [7, 11) is 0. The van der Waals surface area contributed by atoms with Gasteiger partial charge in [0.25, 0.3) is 0 Å². The molecule has 2 aliphatic rings. The molecular weight excluding hydrogens is 405 g/mol. The van der Waals surface area contributed by atoms with Crippen LogP contribution in [-0.2, 0) is 0 Å². The van der Waals surface area contributed by atoms with Gasteiger partial charge in [0, 0.05) is 25.1 Å². The van der Waals surface area contributed by atoms with Gasteiger partial charge in [0.05, 0.1) is 6.61 Å². The number of nitrogens with zero attached hydrogens (tertiary/aromatic N) is 1. The molecule has 2 heterocycles. The highest BCUT2D eigenvalue weighted by Crippen LogP contribution is 2.37. The molecular formula is C27H36FNO3. The van der Waals surface area contributed by atoms with Crippen LogP contribution >= 0.6 is 0 Å². The first-order chi connectivity index (χ1) is 15.7. The minimum absolute atomic E-state index is 0.180. The second kappa shape index (κ2) is 11.0. The number of halogens is 1. The molecule has 0 bridgehead atoms. The van der Waals surface area contributed by atoms with Gasteiger partial charge in [-0.25, -0.2) is 4.39 Å². The van der Waals surface area contributed by atoms with E-state index in [0.29, 0.717) is 18.4 Å². The summed E-state index contributed by atoms with van der Waals surface area (Å²) in [6.45, 7) is 8.73. The van der Waals surface area contributed by atoms with Crippen LogP contribution in [0.3, 0.4) is 0 Å². The van der Waals surface area contributed by atoms with E-state index in [0.717, 1.165) is 49.2 Å². The molecule has 0 aromatic heterocycles. The SMILES string of the molecule is CCCCC(CC)CN1CC[C@@H](c2ccc(F)cc2)[C@H](COc2ccc3c(c2)OCO3)C1. The van der Waals surface area contributed by atoms with Gasteiger partial charge < -0.3 is 19.1 Å². The van der Waals surface area contributed by atoms with E-state index in [1.165, 1.54) is 31.2 Å². The van der Waals surface area contributed by atoms with E-state index in [9.17, 15) is 4.39 Å². The first-order valence-corrected chi connectivity index (χ1v) is 12.2. The fourth-order valence-corrected chi connectivity index (χ4v) is 5.04. The average Bonchev–Trinajstić information content (AvgIpc) is 3.29. The second-order valence-electron chi connectivity index (χ2n) is 9.21. The Labute approximate surface area is 191 Å². The Bertz CT molecular complexity index is 856. The quantitative estimate of drug-likeness (QED) is 0.436. The van der Waals surface area contributed by atoms with Crippen molar-refractivity contribution >= 4 is 0 Å². The van der Waals surface area contributed by atoms with E-state index in [1.54, 1.807) is 12.1 Å². The Balaban J connectivity index is 1.44. The van der Waals surface area contributed by atoms with Crippen LogP contribution in [0.5, 0.6) is 17.2 Å². The number of hydrogen-bond acceptors (Lipinski definition) is 4. The van der Waals surface area contributed by atoms with Crippen molar-refractivity contribution in [3.63, 3.8) is 0 Å². The lowest BCUT2D eigenvalue weighted by atomic mass is 9.80. The van der Waals surface area contributed by atoms with Crippen molar-refractivity contribution in [2.45, 2.75) is 51.9 Å². The van der Waals surface area contributed by atoms with E-state index in [2.05, 4.69) is 18.7 Å². The van der Waals surface area contributed by atoms with Gasteiger partial charge in [-0.3, -0.25) is 0 Å². The van der Waals surface area contributed by atoms with Crippen LogP contribution < -0.4 is 14.2 Å². The molecule has 5 heteroatoms. The summed E-state index contributed by atoms with van der Waals surface area (Å²) in [5.74, 6) is 3.61. The van der Waals surface area contributed by atoms with Crippen molar-refractivity contribution in [2.24, 2.45) is 11.8 Å². The summed E-state index contributed by atoms with van der Waals surface area (Å²) in [5.41, 5.74) is 1.21. The highest BCUT2D eigenvalue weighted by atomic mass is 19.1. The van der Waals surface area contributed by atoms with Gasteiger partial charge in [0.15, 0.2) is 11.5 Å². The summed E-state index contributed by atoms with van der Waals surface area (Å²) in [6.07, 6.45) is 6.18. The summed E-state index contributed by atoms with van der Waals surface area (Å²) < 4.78 is 30.7. The van der Waals surface area contributed by atoms with Crippen LogP contribution in [0.2, 0.25) is 0 Å². The third-order valence-corrected chi connectivity index (χ3v) is 6.98. The number of piperidine rings is 1. The summed E-state index contributed by atoms with van der Waals surface area (Å²) in [5, 5.41) is 0. The van der Waals surface area contributed by atoms with Crippen molar-refractivity contribution < 1.29 is 18.6 Å². The number of likely N-dealkylation sites (tertiary alicyclic amines) is 1. The van der Waals surface area contributed by atoms with Gasteiger partial charge in [-0.05, 0) is 61.1 Å². The Kier molecular flexibility index (Phi) is 7.90. The van der Waals surface area contributed by atoms with Gasteiger partial charge in [-0.1, -0.05) is 45.2 Å². The predicted octanol–water partition coefficient (Wildman–Crippen LogP) is 6.26. The molecule has 0 aliphatic carbocycles. The maximum atomic E-state index is 13.5. The third-order valence-electron chi connectivity index (χ3n) is 6.98. The fourth-order valence-electron chi connectivity index (χ4n) is 5.04. The van der Waals surface area contributed by atoms with Crippen LogP contribution in [0.4, 0.5) is 4.39 Å². The van der Waals surface area contributed by atoms with Crippen molar-refractivity contribution in [2.75, 3.05) is 33.0 Å². The van der Waals surface area contributed by atoms with E-state index < -0.39 is 0 Å². The number of rotatable bonds is 10. The molecule has 0 radical (unpaired) electrons. The number of benzene rings is 2. The van der Waals surface area contributed by atoms with Gasteiger partial charge in [-0.15, -0.1) is 0 Å². The monoisotopic (exact) mass is 441 g/mol. The lowest BCUT2D eigenvalue weighted by molar-refractivity contribution is 0.0958. The smallest absolute Gasteiger partial charge is 0.231 e. The number of ether oxygens (including phenoxy) is 3. The lowest BCUT2D eigenvalue weighted by Gasteiger charge is -2.40. The van der Waals surface area contributed by atoms with E-state index >= 15 is 0 Å². The molecule has 3 atom stereocenters. The Morgan fingerprint density at radius 1 is 1.09 bits per heavy atom. The van der Waals surface area contributed by atoms with Crippen molar-refractivity contribution in [1.82, 2.24) is 4.90 Å². The van der Waals surface area contributed by atoms with Crippen molar-refractivity contribution in [3.8, 4) is 17.2 Å². The maximum Gasteiger partial charge on any atom is 0.231 e. The Morgan fingerprint density at radius 3 is 2.69 bits per heavy atom. The van der Waals surface area contributed by atoms with E-state index in [1.807, 2.05) is 30.3 Å². The van der Waals surface area contributed by atoms with Crippen LogP contribution in [-0.4, -0.2) is 37.9 Å². The largest absolute Gasteiger partial charge is 0.493 e. The van der Waals surface area contributed by atoms with Gasteiger partial charge in [0.1, 0.15) is 11.6 Å². The summed E-state index contributed by atoms with van der Waals surface area (Å²) >= 11 is 0. The van der Waals surface area contributed by atoms with Crippen LogP contribution in [0.15, 0.2) is 42.5 Å². The molecule has 4 nitrogen and oxygen atoms in total. The highest BCUT2D eigenvalue weighted by molar-refractivity contribution is 5.46. The van der Waals surface area contributed by atoms with Crippen LogP contribution in [0.1, 0.15) is 57.4 Å². The molecule has 1 unspecified atom stereocenters. The molecule has 2 aliphatic heterocycles. The molecule has 2 aromatic carbocycles. The normalized spacial score (nSPS) is 21.5. The zero-order valence-electron chi connectivity index (χ0n) is 19.4. The molecule has 2 aromatic rings. The molecule has 0 N–H and O–H groups in total. The third kappa shape index (κ3) is 5.74. The average molecular weight is 442 g/mol. The number of hydrogen-bond donors (Lipinski definition) is 0. The minimum atomic E-state index is -0.180. The molecule has 0 saturated carbocycles. The topological polar surface area (TPSA) is 30.9 Å². The molecule has 0 spiro atoms. The van der Waals surface area contributed by atoms with Crippen LogP contribution in [0.25, 0.3) is 0 Å². The zero-order chi connectivity index (χ0) is 22.3. The van der Waals surface area contributed by atoms with Gasteiger partial charge in [-0.2, -0.15) is 0 Å². The Hall–Kier alpha value is -2.27. The predicted molar refractivity (Wildman–Crippen MR) is 125 cm³/mol. The molecule has 0 amide bonds. The molecule has 1 saturated heterocycles. The first kappa shape index (κ1) is 22.9. The fraction of sp³-hybridized carbons (Fsp3) is 0.556. The minimum Gasteiger partial charge on any atom is -0.493 e. The first-order valence-electron chi connectivity index (χ1n) is 12.2. The van der Waals surface area contributed by atoms with E-state index in [4.69, 9.17) is 14.2 Å². The second-order valence-corrected chi connectivity index (χ2v) is 9.21. The Morgan fingerprint density at radius 2 is 1.91 bits per heavy atom. The molecule has 1 fully saturated rings. The molecule has 4 rings (SSSR count). The lowest BCUT2D eigenvalue weighted by Crippen LogP contribution is -2.43. The number of fused-ring (bicyclic) bond motifs is 1. The highest BCUT2D eigenvalue weighted by Gasteiger charge is 2.32. The van der Waals surface area contributed by atoms with Crippen LogP contribution in [0, 0.1) is 17.7 Å². The van der Waals surface area contributed by atoms with Crippen molar-refractivity contribution in [1.29, 1.82) is 0 Å². The number of unbranched alkanes of at least 4 members (excludes halogenated alkanes) is 1. The summed E-state index contributed by atoms with van der Waals surface area (Å²) in [6, 6.07) is 12.8. The molecule has 174 valence electrons. The summed E-state index contributed by atoms with van der Waals surface area (Å²) in [4.78, 5) is 2.62. The van der Waals surface area contributed by atoms with E-state index in [-0.39, 0.29) is 12.6 Å².